The molecule has 2 aromatic rings. The molecule has 0 unspecified atom stereocenters. The second-order valence-corrected chi connectivity index (χ2v) is 7.72. The van der Waals surface area contributed by atoms with Gasteiger partial charge in [-0.25, -0.2) is 4.98 Å². The second-order valence-electron chi connectivity index (χ2n) is 5.94. The number of carbonyl (C=O) groups is 2. The van der Waals surface area contributed by atoms with Crippen molar-refractivity contribution in [1.82, 2.24) is 10.3 Å². The van der Waals surface area contributed by atoms with Crippen molar-refractivity contribution < 1.29 is 19.1 Å². The molecule has 0 aliphatic rings. The number of hydrogen-bond donors (Lipinski definition) is 1. The van der Waals surface area contributed by atoms with Crippen LogP contribution in [0.1, 0.15) is 38.3 Å². The van der Waals surface area contributed by atoms with E-state index in [2.05, 4.69) is 26.2 Å². The zero-order valence-electron chi connectivity index (χ0n) is 15.4. The van der Waals surface area contributed by atoms with Gasteiger partial charge in [0.25, 0.3) is 0 Å². The maximum absolute atomic E-state index is 11.8. The Labute approximate surface area is 171 Å². The fourth-order valence-electron chi connectivity index (χ4n) is 2.41. The number of halogens is 1. The van der Waals surface area contributed by atoms with E-state index in [-0.39, 0.29) is 18.5 Å². The van der Waals surface area contributed by atoms with E-state index in [0.717, 1.165) is 45.7 Å². The number of esters is 1. The molecular formula is C19H23BrN2O4S. The lowest BCUT2D eigenvalue weighted by atomic mass is 10.2. The van der Waals surface area contributed by atoms with Crippen molar-refractivity contribution in [2.24, 2.45) is 0 Å². The van der Waals surface area contributed by atoms with E-state index in [1.807, 2.05) is 23.6 Å². The molecular weight excluding hydrogens is 432 g/mol. The SMILES string of the molecule is COc1ccc(Br)cc1-c1nc(COC(=O)CCCCCNC(C)=O)cs1. The van der Waals surface area contributed by atoms with Crippen molar-refractivity contribution in [3.63, 3.8) is 0 Å². The first-order valence-corrected chi connectivity index (χ1v) is 10.3. The van der Waals surface area contributed by atoms with Crippen molar-refractivity contribution in [3.05, 3.63) is 33.7 Å². The first kappa shape index (κ1) is 21.4. The molecule has 8 heteroatoms. The zero-order chi connectivity index (χ0) is 19.6. The number of nitrogens with one attached hydrogen (secondary N) is 1. The highest BCUT2D eigenvalue weighted by Crippen LogP contribution is 2.34. The molecule has 2 rings (SSSR count). The summed E-state index contributed by atoms with van der Waals surface area (Å²) in [5, 5.41) is 5.44. The lowest BCUT2D eigenvalue weighted by Crippen LogP contribution is -2.20. The molecule has 0 saturated heterocycles. The van der Waals surface area contributed by atoms with Gasteiger partial charge in [0, 0.05) is 29.7 Å². The molecule has 1 aromatic heterocycles. The third kappa shape index (κ3) is 7.30. The van der Waals surface area contributed by atoms with Crippen LogP contribution in [0.15, 0.2) is 28.1 Å². The van der Waals surface area contributed by atoms with Crippen LogP contribution in [0, 0.1) is 0 Å². The van der Waals surface area contributed by atoms with Crippen molar-refractivity contribution in [2.45, 2.75) is 39.2 Å². The van der Waals surface area contributed by atoms with Crippen molar-refractivity contribution in [3.8, 4) is 16.3 Å². The molecule has 0 aliphatic carbocycles. The number of unbranched alkanes of at least 4 members (excludes halogenated alkanes) is 2. The molecule has 27 heavy (non-hydrogen) atoms. The van der Waals surface area contributed by atoms with Gasteiger partial charge in [-0.2, -0.15) is 0 Å². The van der Waals surface area contributed by atoms with Gasteiger partial charge in [0.1, 0.15) is 17.4 Å². The molecule has 0 fully saturated rings. The molecule has 0 atom stereocenters. The van der Waals surface area contributed by atoms with Gasteiger partial charge >= 0.3 is 5.97 Å². The largest absolute Gasteiger partial charge is 0.496 e. The second kappa shape index (κ2) is 11.0. The topological polar surface area (TPSA) is 77.5 Å². The highest BCUT2D eigenvalue weighted by Gasteiger charge is 2.12. The number of carbonyl (C=O) groups excluding carboxylic acids is 2. The number of thiazole rings is 1. The molecule has 6 nitrogen and oxygen atoms in total. The van der Waals surface area contributed by atoms with E-state index in [4.69, 9.17) is 9.47 Å². The number of aromatic nitrogens is 1. The number of methoxy groups -OCH3 is 1. The monoisotopic (exact) mass is 454 g/mol. The Balaban J connectivity index is 1.77. The number of ether oxygens (including phenoxy) is 2. The van der Waals surface area contributed by atoms with Gasteiger partial charge in [-0.15, -0.1) is 11.3 Å². The van der Waals surface area contributed by atoms with Crippen LogP contribution in [0.5, 0.6) is 5.75 Å². The van der Waals surface area contributed by atoms with Crippen LogP contribution in [-0.2, 0) is 20.9 Å². The molecule has 0 bridgehead atoms. The standard InChI is InChI=1S/C19H23BrN2O4S/c1-13(23)21-9-5-3-4-6-18(24)26-11-15-12-27-19(22-15)16-10-14(20)7-8-17(16)25-2/h7-8,10,12H,3-6,9,11H2,1-2H3,(H,21,23). The zero-order valence-corrected chi connectivity index (χ0v) is 17.8. The number of benzene rings is 1. The number of rotatable bonds is 10. The quantitative estimate of drug-likeness (QED) is 0.427. The van der Waals surface area contributed by atoms with Crippen LogP contribution in [0.3, 0.4) is 0 Å². The molecule has 0 radical (unpaired) electrons. The Bertz CT molecular complexity index is 779. The summed E-state index contributed by atoms with van der Waals surface area (Å²) in [5.41, 5.74) is 1.62. The van der Waals surface area contributed by atoms with Gasteiger partial charge in [-0.1, -0.05) is 22.4 Å². The minimum atomic E-state index is -0.232. The molecule has 1 aromatic carbocycles. The predicted molar refractivity (Wildman–Crippen MR) is 109 cm³/mol. The fourth-order valence-corrected chi connectivity index (χ4v) is 3.59. The van der Waals surface area contributed by atoms with Crippen molar-refractivity contribution in [1.29, 1.82) is 0 Å². The van der Waals surface area contributed by atoms with Crippen LogP contribution in [0.4, 0.5) is 0 Å². The first-order chi connectivity index (χ1) is 13.0. The fraction of sp³-hybridized carbons (Fsp3) is 0.421. The minimum absolute atomic E-state index is 0.0301. The molecule has 0 spiro atoms. The van der Waals surface area contributed by atoms with Gasteiger partial charge in [-0.3, -0.25) is 9.59 Å². The van der Waals surface area contributed by atoms with Crippen LogP contribution < -0.4 is 10.1 Å². The Morgan fingerprint density at radius 3 is 2.81 bits per heavy atom. The number of nitrogens with zero attached hydrogens (tertiary/aromatic N) is 1. The van der Waals surface area contributed by atoms with Gasteiger partial charge in [-0.05, 0) is 31.0 Å². The Hall–Kier alpha value is -1.93. The summed E-state index contributed by atoms with van der Waals surface area (Å²) < 4.78 is 11.6. The van der Waals surface area contributed by atoms with Crippen molar-refractivity contribution >= 4 is 39.1 Å². The summed E-state index contributed by atoms with van der Waals surface area (Å²) in [6.45, 7) is 2.30. The molecule has 1 N–H and O–H groups in total. The van der Waals surface area contributed by atoms with E-state index in [9.17, 15) is 9.59 Å². The van der Waals surface area contributed by atoms with Crippen LogP contribution >= 0.6 is 27.3 Å². The van der Waals surface area contributed by atoms with Gasteiger partial charge < -0.3 is 14.8 Å². The van der Waals surface area contributed by atoms with Crippen LogP contribution in [0.25, 0.3) is 10.6 Å². The average Bonchev–Trinajstić information content (AvgIpc) is 3.11. The van der Waals surface area contributed by atoms with E-state index < -0.39 is 0 Å². The molecule has 0 saturated carbocycles. The van der Waals surface area contributed by atoms with Gasteiger partial charge in [0.15, 0.2) is 0 Å². The Morgan fingerprint density at radius 2 is 2.07 bits per heavy atom. The van der Waals surface area contributed by atoms with E-state index in [1.165, 1.54) is 18.3 Å². The third-order valence-electron chi connectivity index (χ3n) is 3.76. The summed E-state index contributed by atoms with van der Waals surface area (Å²) in [4.78, 5) is 27.1. The molecule has 1 heterocycles. The van der Waals surface area contributed by atoms with E-state index in [0.29, 0.717) is 13.0 Å². The smallest absolute Gasteiger partial charge is 0.306 e. The summed E-state index contributed by atoms with van der Waals surface area (Å²) in [7, 11) is 1.62. The lowest BCUT2D eigenvalue weighted by molar-refractivity contribution is -0.145. The first-order valence-electron chi connectivity index (χ1n) is 8.68. The number of amides is 1. The summed E-state index contributed by atoms with van der Waals surface area (Å²) in [6.07, 6.45) is 2.85. The minimum Gasteiger partial charge on any atom is -0.496 e. The van der Waals surface area contributed by atoms with Crippen LogP contribution in [0.2, 0.25) is 0 Å². The average molecular weight is 455 g/mol. The van der Waals surface area contributed by atoms with E-state index >= 15 is 0 Å². The summed E-state index contributed by atoms with van der Waals surface area (Å²) >= 11 is 4.94. The normalized spacial score (nSPS) is 10.5. The third-order valence-corrected chi connectivity index (χ3v) is 5.17. The summed E-state index contributed by atoms with van der Waals surface area (Å²) in [6, 6.07) is 5.75. The van der Waals surface area contributed by atoms with Crippen molar-refractivity contribution in [2.75, 3.05) is 13.7 Å². The predicted octanol–water partition coefficient (Wildman–Crippen LogP) is 4.32. The Kier molecular flexibility index (Phi) is 8.74. The highest BCUT2D eigenvalue weighted by molar-refractivity contribution is 9.10. The van der Waals surface area contributed by atoms with Crippen LogP contribution in [-0.4, -0.2) is 30.5 Å². The molecule has 0 aliphatic heterocycles. The molecule has 146 valence electrons. The maximum atomic E-state index is 11.8. The number of hydrogen-bond acceptors (Lipinski definition) is 6. The Morgan fingerprint density at radius 1 is 1.26 bits per heavy atom. The highest BCUT2D eigenvalue weighted by atomic mass is 79.9. The lowest BCUT2D eigenvalue weighted by Gasteiger charge is -2.06. The van der Waals surface area contributed by atoms with E-state index in [1.54, 1.807) is 7.11 Å². The maximum Gasteiger partial charge on any atom is 0.306 e. The summed E-state index contributed by atoms with van der Waals surface area (Å²) in [5.74, 6) is 0.483. The van der Waals surface area contributed by atoms with Gasteiger partial charge in [0.05, 0.1) is 18.4 Å². The molecule has 1 amide bonds. The van der Waals surface area contributed by atoms with Gasteiger partial charge in [0.2, 0.25) is 5.91 Å².